The van der Waals surface area contributed by atoms with Gasteiger partial charge < -0.3 is 15.0 Å². The van der Waals surface area contributed by atoms with E-state index in [2.05, 4.69) is 10.1 Å². The molecule has 20 heavy (non-hydrogen) atoms. The summed E-state index contributed by atoms with van der Waals surface area (Å²) in [4.78, 5) is 4.37. The van der Waals surface area contributed by atoms with Crippen LogP contribution >= 0.6 is 24.0 Å². The largest absolute Gasteiger partial charge is 0.496 e. The second-order valence-corrected chi connectivity index (χ2v) is 5.65. The fraction of sp³-hybridized carbons (Fsp3) is 0.385. The maximum Gasteiger partial charge on any atom is 0.261 e. The van der Waals surface area contributed by atoms with E-state index in [1.54, 1.807) is 19.2 Å². The van der Waals surface area contributed by atoms with Crippen molar-refractivity contribution in [3.8, 4) is 17.2 Å². The van der Waals surface area contributed by atoms with Crippen LogP contribution in [0.1, 0.15) is 26.6 Å². The van der Waals surface area contributed by atoms with Crippen LogP contribution in [-0.2, 0) is 5.41 Å². The van der Waals surface area contributed by atoms with E-state index in [0.29, 0.717) is 33.7 Å². The molecule has 0 saturated carbocycles. The second-order valence-electron chi connectivity index (χ2n) is 5.25. The van der Waals surface area contributed by atoms with E-state index >= 15 is 0 Å². The summed E-state index contributed by atoms with van der Waals surface area (Å²) < 4.78 is 10.5. The molecule has 0 aliphatic rings. The Morgan fingerprint density at radius 3 is 2.45 bits per heavy atom. The molecule has 0 aliphatic carbocycles. The number of nitrogens with zero attached hydrogens (tertiary/aromatic N) is 2. The van der Waals surface area contributed by atoms with Crippen molar-refractivity contribution in [3.05, 3.63) is 23.0 Å². The highest BCUT2D eigenvalue weighted by atomic mass is 35.5. The average molecular weight is 318 g/mol. The number of benzene rings is 1. The minimum absolute atomic E-state index is 0. The van der Waals surface area contributed by atoms with Crippen LogP contribution in [0.25, 0.3) is 11.5 Å². The molecule has 2 aromatic rings. The van der Waals surface area contributed by atoms with Crippen LogP contribution in [0.15, 0.2) is 16.7 Å². The zero-order chi connectivity index (χ0) is 14.2. The number of ether oxygens (including phenoxy) is 1. The summed E-state index contributed by atoms with van der Waals surface area (Å²) in [6, 6.07) is 3.30. The predicted molar refractivity (Wildman–Crippen MR) is 81.7 cm³/mol. The first-order valence-corrected chi connectivity index (χ1v) is 6.18. The summed E-state index contributed by atoms with van der Waals surface area (Å²) >= 11 is 6.02. The lowest BCUT2D eigenvalue weighted by molar-refractivity contribution is 0.393. The second kappa shape index (κ2) is 5.89. The van der Waals surface area contributed by atoms with E-state index in [1.807, 2.05) is 20.8 Å². The summed E-state index contributed by atoms with van der Waals surface area (Å²) in [6.07, 6.45) is 0. The van der Waals surface area contributed by atoms with Gasteiger partial charge >= 0.3 is 0 Å². The molecule has 0 fully saturated rings. The van der Waals surface area contributed by atoms with Crippen LogP contribution in [0, 0.1) is 0 Å². The van der Waals surface area contributed by atoms with E-state index in [1.165, 1.54) is 0 Å². The molecule has 1 aromatic heterocycles. The number of hydrogen-bond donors (Lipinski definition) is 1. The van der Waals surface area contributed by atoms with Crippen molar-refractivity contribution in [2.24, 2.45) is 0 Å². The molecule has 0 radical (unpaired) electrons. The summed E-state index contributed by atoms with van der Waals surface area (Å²) in [5.74, 6) is 1.53. The first-order valence-electron chi connectivity index (χ1n) is 5.80. The standard InChI is InChI=1S/C13H16ClN3O2.ClH/c1-13(2,3)12-16-11(19-17-12)7-5-8(14)9(15)6-10(7)18-4;/h5-6H,15H2,1-4H3;1H. The maximum atomic E-state index is 6.02. The zero-order valence-electron chi connectivity index (χ0n) is 11.7. The average Bonchev–Trinajstić information content (AvgIpc) is 2.81. The van der Waals surface area contributed by atoms with Crippen molar-refractivity contribution < 1.29 is 9.26 Å². The Kier molecular flexibility index (Phi) is 4.89. The quantitative estimate of drug-likeness (QED) is 0.855. The van der Waals surface area contributed by atoms with E-state index < -0.39 is 0 Å². The molecular weight excluding hydrogens is 301 g/mol. The van der Waals surface area contributed by atoms with Gasteiger partial charge in [-0.2, -0.15) is 4.98 Å². The van der Waals surface area contributed by atoms with Gasteiger partial charge in [0.15, 0.2) is 5.82 Å². The molecule has 0 aliphatic heterocycles. The number of hydrogen-bond acceptors (Lipinski definition) is 5. The molecule has 0 bridgehead atoms. The fourth-order valence-corrected chi connectivity index (χ4v) is 1.71. The lowest BCUT2D eigenvalue weighted by Crippen LogP contribution is -2.13. The van der Waals surface area contributed by atoms with Gasteiger partial charge in [-0.1, -0.05) is 37.5 Å². The Hall–Kier alpha value is -1.46. The number of rotatable bonds is 2. The molecule has 2 N–H and O–H groups in total. The van der Waals surface area contributed by atoms with Gasteiger partial charge in [-0.25, -0.2) is 0 Å². The lowest BCUT2D eigenvalue weighted by atomic mass is 9.96. The minimum Gasteiger partial charge on any atom is -0.496 e. The molecule has 0 spiro atoms. The van der Waals surface area contributed by atoms with Gasteiger partial charge in [0.05, 0.1) is 23.4 Å². The Labute approximate surface area is 128 Å². The highest BCUT2D eigenvalue weighted by Crippen LogP contribution is 2.36. The number of anilines is 1. The fourth-order valence-electron chi connectivity index (χ4n) is 1.54. The van der Waals surface area contributed by atoms with Crippen molar-refractivity contribution >= 4 is 29.7 Å². The van der Waals surface area contributed by atoms with Crippen molar-refractivity contribution in [2.75, 3.05) is 12.8 Å². The lowest BCUT2D eigenvalue weighted by Gasteiger charge is -2.11. The third-order valence-corrected chi connectivity index (χ3v) is 2.97. The molecular formula is C13H17Cl2N3O2. The molecule has 0 saturated heterocycles. The normalized spacial score (nSPS) is 11.1. The first-order chi connectivity index (χ1) is 8.82. The highest BCUT2D eigenvalue weighted by molar-refractivity contribution is 6.33. The Bertz CT molecular complexity index is 606. The van der Waals surface area contributed by atoms with Crippen molar-refractivity contribution in [2.45, 2.75) is 26.2 Å². The molecule has 2 rings (SSSR count). The first kappa shape index (κ1) is 16.6. The van der Waals surface area contributed by atoms with Gasteiger partial charge in [-0.3, -0.25) is 0 Å². The smallest absolute Gasteiger partial charge is 0.261 e. The SMILES string of the molecule is COc1cc(N)c(Cl)cc1-c1nc(C(C)(C)C)no1.Cl. The topological polar surface area (TPSA) is 74.2 Å². The number of halogens is 2. The number of nitrogens with two attached hydrogens (primary N) is 1. The highest BCUT2D eigenvalue weighted by Gasteiger charge is 2.23. The van der Waals surface area contributed by atoms with Crippen LogP contribution in [-0.4, -0.2) is 17.3 Å². The van der Waals surface area contributed by atoms with Crippen LogP contribution in [0.2, 0.25) is 5.02 Å². The maximum absolute atomic E-state index is 6.02. The third kappa shape index (κ3) is 3.16. The monoisotopic (exact) mass is 317 g/mol. The van der Waals surface area contributed by atoms with Gasteiger partial charge in [-0.05, 0) is 6.07 Å². The number of methoxy groups -OCH3 is 1. The third-order valence-electron chi connectivity index (χ3n) is 2.65. The Morgan fingerprint density at radius 1 is 1.30 bits per heavy atom. The summed E-state index contributed by atoms with van der Waals surface area (Å²) in [5, 5.41) is 4.40. The molecule has 0 atom stereocenters. The van der Waals surface area contributed by atoms with Gasteiger partial charge in [0.1, 0.15) is 5.75 Å². The van der Waals surface area contributed by atoms with Crippen LogP contribution in [0.4, 0.5) is 5.69 Å². The molecule has 5 nitrogen and oxygen atoms in total. The van der Waals surface area contributed by atoms with Crippen LogP contribution in [0.5, 0.6) is 5.75 Å². The molecule has 0 unspecified atom stereocenters. The molecule has 7 heteroatoms. The van der Waals surface area contributed by atoms with Crippen molar-refractivity contribution in [1.29, 1.82) is 0 Å². The zero-order valence-corrected chi connectivity index (χ0v) is 13.3. The van der Waals surface area contributed by atoms with E-state index in [4.69, 9.17) is 26.6 Å². The molecule has 0 amide bonds. The van der Waals surface area contributed by atoms with Crippen LogP contribution < -0.4 is 10.5 Å². The molecule has 1 heterocycles. The van der Waals surface area contributed by atoms with Gasteiger partial charge in [0.25, 0.3) is 5.89 Å². The van der Waals surface area contributed by atoms with Crippen molar-refractivity contribution in [1.82, 2.24) is 10.1 Å². The number of aromatic nitrogens is 2. The summed E-state index contributed by atoms with van der Waals surface area (Å²) in [5.41, 5.74) is 6.62. The summed E-state index contributed by atoms with van der Waals surface area (Å²) in [7, 11) is 1.55. The number of nitrogen functional groups attached to an aromatic ring is 1. The Morgan fingerprint density at radius 2 is 1.95 bits per heavy atom. The van der Waals surface area contributed by atoms with Gasteiger partial charge in [-0.15, -0.1) is 12.4 Å². The van der Waals surface area contributed by atoms with Gasteiger partial charge in [0.2, 0.25) is 0 Å². The molecule has 1 aromatic carbocycles. The predicted octanol–water partition coefficient (Wildman–Crippen LogP) is 3.70. The van der Waals surface area contributed by atoms with Crippen LogP contribution in [0.3, 0.4) is 0 Å². The van der Waals surface area contributed by atoms with E-state index in [9.17, 15) is 0 Å². The molecule has 110 valence electrons. The van der Waals surface area contributed by atoms with E-state index in [-0.39, 0.29) is 17.8 Å². The van der Waals surface area contributed by atoms with E-state index in [0.717, 1.165) is 0 Å². The van der Waals surface area contributed by atoms with Gasteiger partial charge in [0, 0.05) is 11.5 Å². The minimum atomic E-state index is -0.188. The summed E-state index contributed by atoms with van der Waals surface area (Å²) in [6.45, 7) is 6.03. The van der Waals surface area contributed by atoms with Crippen molar-refractivity contribution in [3.63, 3.8) is 0 Å². The Balaban J connectivity index is 0.00000200.